The molecule has 1 saturated heterocycles. The SMILES string of the molecule is CCOC(=O)C1=C(C)N=c2s/c(=C/c3ccc(OCC(=O)N4CCOCC4)c(OCC)c3)c(=O)n2[C@@H]1c1ccc(OCC)cc1. The fraction of sp³-hybridized carbons (Fsp3) is 0.394. The van der Waals surface area contributed by atoms with E-state index >= 15 is 0 Å². The van der Waals surface area contributed by atoms with Crippen molar-refractivity contribution < 1.29 is 33.3 Å². The van der Waals surface area contributed by atoms with E-state index in [1.54, 1.807) is 47.6 Å². The van der Waals surface area contributed by atoms with Crippen LogP contribution in [0.3, 0.4) is 0 Å². The third-order valence-corrected chi connectivity index (χ3v) is 8.29. The maximum absolute atomic E-state index is 14.0. The van der Waals surface area contributed by atoms with Gasteiger partial charge >= 0.3 is 5.97 Å². The van der Waals surface area contributed by atoms with Gasteiger partial charge in [0, 0.05) is 13.1 Å². The van der Waals surface area contributed by atoms with Gasteiger partial charge in [0.1, 0.15) is 5.75 Å². The number of thiazole rings is 1. The van der Waals surface area contributed by atoms with Crippen LogP contribution in [-0.4, -0.2) is 74.1 Å². The van der Waals surface area contributed by atoms with Crippen molar-refractivity contribution in [3.8, 4) is 17.2 Å². The van der Waals surface area contributed by atoms with Crippen LogP contribution in [-0.2, 0) is 19.1 Å². The Kier molecular flexibility index (Phi) is 10.4. The lowest BCUT2D eigenvalue weighted by Crippen LogP contribution is -2.43. The molecule has 0 bridgehead atoms. The number of fused-ring (bicyclic) bond motifs is 1. The molecule has 0 spiro atoms. The number of carbonyl (C=O) groups excluding carboxylic acids is 2. The largest absolute Gasteiger partial charge is 0.494 e. The molecule has 0 N–H and O–H groups in total. The third-order valence-electron chi connectivity index (χ3n) is 7.30. The molecule has 12 heteroatoms. The van der Waals surface area contributed by atoms with E-state index in [1.807, 2.05) is 38.1 Å². The molecule has 1 atom stereocenters. The van der Waals surface area contributed by atoms with E-state index in [0.717, 1.165) is 5.56 Å². The molecule has 2 aliphatic heterocycles. The van der Waals surface area contributed by atoms with Crippen LogP contribution in [0.2, 0.25) is 0 Å². The highest BCUT2D eigenvalue weighted by Gasteiger charge is 2.33. The molecule has 3 heterocycles. The molecule has 0 radical (unpaired) electrons. The highest BCUT2D eigenvalue weighted by Crippen LogP contribution is 2.32. The van der Waals surface area contributed by atoms with E-state index in [0.29, 0.717) is 82.9 Å². The van der Waals surface area contributed by atoms with Crippen LogP contribution in [0.15, 0.2) is 63.5 Å². The molecule has 2 aromatic carbocycles. The molecular weight excluding hydrogens is 598 g/mol. The minimum Gasteiger partial charge on any atom is -0.494 e. The molecule has 3 aromatic rings. The Hall–Kier alpha value is -4.42. The summed E-state index contributed by atoms with van der Waals surface area (Å²) in [6.07, 6.45) is 1.76. The molecule has 45 heavy (non-hydrogen) atoms. The predicted molar refractivity (Wildman–Crippen MR) is 169 cm³/mol. The molecule has 0 unspecified atom stereocenters. The molecule has 238 valence electrons. The number of ether oxygens (including phenoxy) is 5. The first-order chi connectivity index (χ1) is 21.8. The van der Waals surface area contributed by atoms with Gasteiger partial charge in [0.05, 0.1) is 54.9 Å². The van der Waals surface area contributed by atoms with Gasteiger partial charge in [-0.1, -0.05) is 29.5 Å². The summed E-state index contributed by atoms with van der Waals surface area (Å²) >= 11 is 1.24. The van der Waals surface area contributed by atoms with Gasteiger partial charge in [-0.15, -0.1) is 0 Å². The van der Waals surface area contributed by atoms with Crippen molar-refractivity contribution in [3.05, 3.63) is 84.5 Å². The Bertz CT molecular complexity index is 1750. The van der Waals surface area contributed by atoms with Crippen LogP contribution in [0.4, 0.5) is 0 Å². The van der Waals surface area contributed by atoms with Crippen LogP contribution in [0.25, 0.3) is 6.08 Å². The number of hydrogen-bond donors (Lipinski definition) is 0. The molecule has 0 aliphatic carbocycles. The lowest BCUT2D eigenvalue weighted by Gasteiger charge is -2.26. The summed E-state index contributed by atoms with van der Waals surface area (Å²) in [5.41, 5.74) is 1.95. The van der Waals surface area contributed by atoms with Crippen molar-refractivity contribution in [2.75, 3.05) is 52.7 Å². The van der Waals surface area contributed by atoms with Crippen molar-refractivity contribution in [2.45, 2.75) is 33.7 Å². The number of carbonyl (C=O) groups is 2. The Morgan fingerprint density at radius 2 is 1.71 bits per heavy atom. The highest BCUT2D eigenvalue weighted by molar-refractivity contribution is 7.07. The smallest absolute Gasteiger partial charge is 0.338 e. The first kappa shape index (κ1) is 32.0. The van der Waals surface area contributed by atoms with E-state index in [9.17, 15) is 14.4 Å². The Morgan fingerprint density at radius 1 is 0.978 bits per heavy atom. The second-order valence-electron chi connectivity index (χ2n) is 10.2. The number of benzene rings is 2. The van der Waals surface area contributed by atoms with Crippen molar-refractivity contribution >= 4 is 29.3 Å². The van der Waals surface area contributed by atoms with E-state index in [2.05, 4.69) is 4.99 Å². The van der Waals surface area contributed by atoms with E-state index < -0.39 is 12.0 Å². The molecule has 1 fully saturated rings. The number of allylic oxidation sites excluding steroid dienone is 1. The minimum absolute atomic E-state index is 0.119. The monoisotopic (exact) mass is 635 g/mol. The number of amides is 1. The summed E-state index contributed by atoms with van der Waals surface area (Å²) in [6.45, 7) is 10.3. The summed E-state index contributed by atoms with van der Waals surface area (Å²) < 4.78 is 29.9. The third kappa shape index (κ3) is 7.12. The van der Waals surface area contributed by atoms with Gasteiger partial charge < -0.3 is 28.6 Å². The fourth-order valence-electron chi connectivity index (χ4n) is 5.22. The standard InChI is InChI=1S/C33H37N3O8S/c1-5-41-24-11-9-23(10-12-24)30-29(32(39)43-7-3)21(4)34-33-36(30)31(38)27(45-33)19-22-8-13-25(26(18-22)42-6-2)44-20-28(37)35-14-16-40-17-15-35/h8-13,18-19,30H,5-7,14-17,20H2,1-4H3/b27-19+/t30-/m1/s1. The number of nitrogens with zero attached hydrogens (tertiary/aromatic N) is 3. The van der Waals surface area contributed by atoms with Crippen molar-refractivity contribution in [1.29, 1.82) is 0 Å². The second-order valence-corrected chi connectivity index (χ2v) is 11.2. The second kappa shape index (κ2) is 14.6. The number of rotatable bonds is 11. The zero-order valence-corrected chi connectivity index (χ0v) is 26.7. The molecule has 1 aromatic heterocycles. The summed E-state index contributed by atoms with van der Waals surface area (Å²) in [7, 11) is 0. The van der Waals surface area contributed by atoms with Crippen LogP contribution >= 0.6 is 11.3 Å². The average molecular weight is 636 g/mol. The van der Waals surface area contributed by atoms with Crippen molar-refractivity contribution in [1.82, 2.24) is 9.47 Å². The van der Waals surface area contributed by atoms with Gasteiger partial charge in [-0.25, -0.2) is 9.79 Å². The summed E-state index contributed by atoms with van der Waals surface area (Å²) in [4.78, 5) is 46.6. The molecule has 1 amide bonds. The van der Waals surface area contributed by atoms with Crippen molar-refractivity contribution in [2.24, 2.45) is 4.99 Å². The van der Waals surface area contributed by atoms with Gasteiger partial charge in [-0.05, 0) is 69.2 Å². The summed E-state index contributed by atoms with van der Waals surface area (Å²) in [5, 5.41) is 0. The van der Waals surface area contributed by atoms with Gasteiger partial charge in [-0.3, -0.25) is 14.2 Å². The average Bonchev–Trinajstić information content (AvgIpc) is 3.34. The first-order valence-corrected chi connectivity index (χ1v) is 15.8. The van der Waals surface area contributed by atoms with Crippen LogP contribution < -0.4 is 29.1 Å². The number of hydrogen-bond acceptors (Lipinski definition) is 10. The first-order valence-electron chi connectivity index (χ1n) is 15.0. The Morgan fingerprint density at radius 3 is 2.40 bits per heavy atom. The zero-order chi connectivity index (χ0) is 31.9. The normalized spacial score (nSPS) is 16.6. The van der Waals surface area contributed by atoms with Crippen LogP contribution in [0.5, 0.6) is 17.2 Å². The van der Waals surface area contributed by atoms with E-state index in [4.69, 9.17) is 23.7 Å². The van der Waals surface area contributed by atoms with Gasteiger partial charge in [0.2, 0.25) is 0 Å². The molecule has 2 aliphatic rings. The molecular formula is C33H37N3O8S. The van der Waals surface area contributed by atoms with E-state index in [-0.39, 0.29) is 24.7 Å². The van der Waals surface area contributed by atoms with Gasteiger partial charge in [-0.2, -0.15) is 0 Å². The Balaban J connectivity index is 1.50. The molecule has 11 nitrogen and oxygen atoms in total. The lowest BCUT2D eigenvalue weighted by atomic mass is 9.96. The van der Waals surface area contributed by atoms with Crippen molar-refractivity contribution in [3.63, 3.8) is 0 Å². The number of morpholine rings is 1. The van der Waals surface area contributed by atoms with Crippen LogP contribution in [0.1, 0.15) is 44.9 Å². The van der Waals surface area contributed by atoms with E-state index in [1.165, 1.54) is 11.3 Å². The highest BCUT2D eigenvalue weighted by atomic mass is 32.1. The topological polar surface area (TPSA) is 118 Å². The molecule has 0 saturated carbocycles. The quantitative estimate of drug-likeness (QED) is 0.296. The minimum atomic E-state index is -0.725. The van der Waals surface area contributed by atoms with Crippen LogP contribution in [0, 0.1) is 0 Å². The number of esters is 1. The maximum atomic E-state index is 14.0. The predicted octanol–water partition coefficient (Wildman–Crippen LogP) is 2.83. The van der Waals surface area contributed by atoms with Gasteiger partial charge in [0.15, 0.2) is 22.9 Å². The lowest BCUT2D eigenvalue weighted by molar-refractivity contribution is -0.139. The summed E-state index contributed by atoms with van der Waals surface area (Å²) in [5.74, 6) is 0.945. The number of aromatic nitrogens is 1. The molecule has 5 rings (SSSR count). The van der Waals surface area contributed by atoms with Gasteiger partial charge in [0.25, 0.3) is 11.5 Å². The summed E-state index contributed by atoms with van der Waals surface area (Å²) in [6, 6.07) is 11.9. The maximum Gasteiger partial charge on any atom is 0.338 e. The zero-order valence-electron chi connectivity index (χ0n) is 25.9. The fourth-order valence-corrected chi connectivity index (χ4v) is 6.26. The Labute approximate surface area is 265 Å².